The summed E-state index contributed by atoms with van der Waals surface area (Å²) in [5.74, 6) is -1.01. The van der Waals surface area contributed by atoms with Gasteiger partial charge in [0.25, 0.3) is 5.91 Å². The third-order valence-corrected chi connectivity index (χ3v) is 5.85. The van der Waals surface area contributed by atoms with Gasteiger partial charge in [0, 0.05) is 24.5 Å². The van der Waals surface area contributed by atoms with Crippen molar-refractivity contribution in [2.75, 3.05) is 12.0 Å². The van der Waals surface area contributed by atoms with Gasteiger partial charge in [-0.3, -0.25) is 14.6 Å². The molecule has 0 spiro atoms. The van der Waals surface area contributed by atoms with E-state index in [1.165, 1.54) is 11.8 Å². The van der Waals surface area contributed by atoms with Crippen LogP contribution in [0.3, 0.4) is 0 Å². The number of thioether (sulfide) groups is 1. The highest BCUT2D eigenvalue weighted by Crippen LogP contribution is 2.25. The Morgan fingerprint density at radius 2 is 1.82 bits per heavy atom. The van der Waals surface area contributed by atoms with E-state index in [2.05, 4.69) is 15.6 Å². The second-order valence-electron chi connectivity index (χ2n) is 7.71. The quantitative estimate of drug-likeness (QED) is 0.390. The smallest absolute Gasteiger partial charge is 0.326 e. The van der Waals surface area contributed by atoms with Gasteiger partial charge in [0.1, 0.15) is 6.04 Å². The molecule has 1 atom stereocenters. The number of aliphatic carboxylic acids is 1. The lowest BCUT2D eigenvalue weighted by Gasteiger charge is -2.17. The summed E-state index contributed by atoms with van der Waals surface area (Å²) in [6.45, 7) is 0.298. The number of carboxylic acid groups (broad SMARTS) is 1. The molecule has 3 aromatic rings. The number of nitrogens with one attached hydrogen (secondary N) is 2. The van der Waals surface area contributed by atoms with Gasteiger partial charge < -0.3 is 15.7 Å². The van der Waals surface area contributed by atoms with Crippen LogP contribution in [0.15, 0.2) is 73.1 Å². The van der Waals surface area contributed by atoms with Crippen LogP contribution in [0.5, 0.6) is 0 Å². The number of nitrogens with zero attached hydrogens (tertiary/aromatic N) is 1. The molecule has 0 aliphatic rings. The average Bonchev–Trinajstić information content (AvgIpc) is 2.86. The fraction of sp³-hybridized carbons (Fsp3) is 0.231. The molecule has 2 amide bonds. The minimum absolute atomic E-state index is 0.130. The molecule has 34 heavy (non-hydrogen) atoms. The second-order valence-corrected chi connectivity index (χ2v) is 8.69. The lowest BCUT2D eigenvalue weighted by molar-refractivity contribution is -0.139. The largest absolute Gasteiger partial charge is 0.480 e. The highest BCUT2D eigenvalue weighted by Gasteiger charge is 2.22. The number of hydrogen-bond donors (Lipinski definition) is 3. The van der Waals surface area contributed by atoms with Crippen molar-refractivity contribution in [3.63, 3.8) is 0 Å². The van der Waals surface area contributed by atoms with Crippen molar-refractivity contribution in [3.8, 4) is 11.1 Å². The first-order valence-corrected chi connectivity index (χ1v) is 12.2. The molecular formula is C26H27N3O4S. The lowest BCUT2D eigenvalue weighted by atomic mass is 9.96. The summed E-state index contributed by atoms with van der Waals surface area (Å²) >= 11 is 1.53. The standard InChI is InChI=1S/C26H27N3O4S/c1-34-13-11-23(26(32)33)29-25(31)21-10-9-19(14-22(21)20-7-3-2-4-8-20)17-28-24(30)15-18-6-5-12-27-16-18/h2-10,12,14,16,23H,11,13,15,17H2,1H3,(H,28,30)(H,29,31)(H,32,33). The van der Waals surface area contributed by atoms with Crippen LogP contribution in [0.2, 0.25) is 0 Å². The Morgan fingerprint density at radius 1 is 1.03 bits per heavy atom. The molecular weight excluding hydrogens is 450 g/mol. The number of pyridine rings is 1. The van der Waals surface area contributed by atoms with Crippen LogP contribution in [-0.2, 0) is 22.6 Å². The average molecular weight is 478 g/mol. The maximum atomic E-state index is 13.0. The maximum absolute atomic E-state index is 13.0. The van der Waals surface area contributed by atoms with Gasteiger partial charge >= 0.3 is 5.97 Å². The van der Waals surface area contributed by atoms with Gasteiger partial charge in [0.2, 0.25) is 5.91 Å². The minimum Gasteiger partial charge on any atom is -0.480 e. The monoisotopic (exact) mass is 477 g/mol. The van der Waals surface area contributed by atoms with Gasteiger partial charge in [-0.15, -0.1) is 0 Å². The molecule has 176 valence electrons. The Labute approximate surface area is 203 Å². The number of carbonyl (C=O) groups is 3. The fourth-order valence-electron chi connectivity index (χ4n) is 3.44. The number of aromatic nitrogens is 1. The summed E-state index contributed by atoms with van der Waals surface area (Å²) in [4.78, 5) is 41.0. The van der Waals surface area contributed by atoms with Gasteiger partial charge in [-0.05, 0) is 58.9 Å². The number of rotatable bonds is 11. The third-order valence-electron chi connectivity index (χ3n) is 5.20. The molecule has 0 aliphatic heterocycles. The molecule has 2 aromatic carbocycles. The number of amides is 2. The zero-order valence-electron chi connectivity index (χ0n) is 18.9. The number of benzene rings is 2. The molecule has 3 rings (SSSR count). The van der Waals surface area contributed by atoms with Gasteiger partial charge in [0.15, 0.2) is 0 Å². The van der Waals surface area contributed by atoms with E-state index in [4.69, 9.17) is 0 Å². The Kier molecular flexibility index (Phi) is 9.22. The SMILES string of the molecule is CSCCC(NC(=O)c1ccc(CNC(=O)Cc2cccnc2)cc1-c1ccccc1)C(=O)O. The predicted molar refractivity (Wildman–Crippen MR) is 134 cm³/mol. The lowest BCUT2D eigenvalue weighted by Crippen LogP contribution is -2.41. The van der Waals surface area contributed by atoms with Gasteiger partial charge in [-0.25, -0.2) is 4.79 Å². The van der Waals surface area contributed by atoms with E-state index in [1.807, 2.05) is 48.7 Å². The molecule has 1 aromatic heterocycles. The molecule has 1 unspecified atom stereocenters. The Bertz CT molecular complexity index is 1120. The van der Waals surface area contributed by atoms with Crippen molar-refractivity contribution < 1.29 is 19.5 Å². The van der Waals surface area contributed by atoms with Crippen LogP contribution in [0.25, 0.3) is 11.1 Å². The van der Waals surface area contributed by atoms with E-state index >= 15 is 0 Å². The summed E-state index contributed by atoms with van der Waals surface area (Å²) in [5, 5.41) is 15.0. The number of hydrogen-bond acceptors (Lipinski definition) is 5. The van der Waals surface area contributed by atoms with Crippen LogP contribution in [-0.4, -0.2) is 45.9 Å². The highest BCUT2D eigenvalue weighted by atomic mass is 32.2. The van der Waals surface area contributed by atoms with Crippen LogP contribution >= 0.6 is 11.8 Å². The summed E-state index contributed by atoms with van der Waals surface area (Å²) in [6.07, 6.45) is 5.77. The topological polar surface area (TPSA) is 108 Å². The molecule has 0 saturated heterocycles. The Balaban J connectivity index is 1.78. The Morgan fingerprint density at radius 3 is 2.50 bits per heavy atom. The zero-order chi connectivity index (χ0) is 24.3. The van der Waals surface area contributed by atoms with Gasteiger partial charge in [0.05, 0.1) is 6.42 Å². The molecule has 0 aliphatic carbocycles. The van der Waals surface area contributed by atoms with Crippen LogP contribution < -0.4 is 10.6 Å². The van der Waals surface area contributed by atoms with Crippen molar-refractivity contribution in [1.82, 2.24) is 15.6 Å². The van der Waals surface area contributed by atoms with Gasteiger partial charge in [-0.1, -0.05) is 42.5 Å². The van der Waals surface area contributed by atoms with Crippen molar-refractivity contribution in [3.05, 3.63) is 89.7 Å². The molecule has 8 heteroatoms. The number of carboxylic acids is 1. The minimum atomic E-state index is -1.06. The van der Waals surface area contributed by atoms with Gasteiger partial charge in [-0.2, -0.15) is 11.8 Å². The number of carbonyl (C=O) groups excluding carboxylic acids is 2. The molecule has 3 N–H and O–H groups in total. The summed E-state index contributed by atoms with van der Waals surface area (Å²) in [7, 11) is 0. The molecule has 7 nitrogen and oxygen atoms in total. The maximum Gasteiger partial charge on any atom is 0.326 e. The van der Waals surface area contributed by atoms with Crippen LogP contribution in [0, 0.1) is 0 Å². The highest BCUT2D eigenvalue weighted by molar-refractivity contribution is 7.98. The summed E-state index contributed by atoms with van der Waals surface area (Å²) < 4.78 is 0. The normalized spacial score (nSPS) is 11.4. The molecule has 1 heterocycles. The van der Waals surface area contributed by atoms with Crippen LogP contribution in [0.1, 0.15) is 27.9 Å². The van der Waals surface area contributed by atoms with E-state index in [1.54, 1.807) is 30.6 Å². The Hall–Kier alpha value is -3.65. The third kappa shape index (κ3) is 7.18. The first-order valence-electron chi connectivity index (χ1n) is 10.8. The van der Waals surface area contributed by atoms with Crippen molar-refractivity contribution in [2.45, 2.75) is 25.4 Å². The summed E-state index contributed by atoms with van der Waals surface area (Å²) in [6, 6.07) is 17.4. The van der Waals surface area contributed by atoms with E-state index in [-0.39, 0.29) is 12.3 Å². The first-order chi connectivity index (χ1) is 16.5. The van der Waals surface area contributed by atoms with E-state index in [9.17, 15) is 19.5 Å². The predicted octanol–water partition coefficient (Wildman–Crippen LogP) is 3.54. The summed E-state index contributed by atoms with van der Waals surface area (Å²) in [5.41, 5.74) is 3.53. The zero-order valence-corrected chi connectivity index (χ0v) is 19.7. The molecule has 0 fully saturated rings. The van der Waals surface area contributed by atoms with Crippen molar-refractivity contribution in [1.29, 1.82) is 0 Å². The van der Waals surface area contributed by atoms with Crippen molar-refractivity contribution >= 4 is 29.5 Å². The molecule has 0 bridgehead atoms. The van der Waals surface area contributed by atoms with E-state index in [0.717, 1.165) is 16.7 Å². The fourth-order valence-corrected chi connectivity index (χ4v) is 3.91. The second kappa shape index (κ2) is 12.6. The first kappa shape index (κ1) is 25.0. The van der Waals surface area contributed by atoms with Crippen molar-refractivity contribution in [2.24, 2.45) is 0 Å². The van der Waals surface area contributed by atoms with E-state index in [0.29, 0.717) is 29.8 Å². The van der Waals surface area contributed by atoms with Crippen LogP contribution in [0.4, 0.5) is 0 Å². The van der Waals surface area contributed by atoms with E-state index < -0.39 is 17.9 Å². The molecule has 0 radical (unpaired) electrons. The molecule has 0 saturated carbocycles.